The van der Waals surface area contributed by atoms with Crippen molar-refractivity contribution in [3.8, 4) is 5.75 Å². The molecule has 8 heteroatoms. The van der Waals surface area contributed by atoms with E-state index in [0.29, 0.717) is 18.8 Å². The molecule has 1 aromatic rings. The van der Waals surface area contributed by atoms with Crippen molar-refractivity contribution in [3.63, 3.8) is 0 Å². The quantitative estimate of drug-likeness (QED) is 0.834. The molecule has 2 rings (SSSR count). The van der Waals surface area contributed by atoms with Gasteiger partial charge in [0.15, 0.2) is 0 Å². The molecule has 1 amide bonds. The Morgan fingerprint density at radius 1 is 1.24 bits per heavy atom. The first-order valence-corrected chi connectivity index (χ1v) is 8.27. The first-order chi connectivity index (χ1) is 9.86. The van der Waals surface area contributed by atoms with E-state index in [2.05, 4.69) is 0 Å². The molecule has 0 aromatic heterocycles. The van der Waals surface area contributed by atoms with Gasteiger partial charge in [0, 0.05) is 33.1 Å². The van der Waals surface area contributed by atoms with Crippen molar-refractivity contribution in [3.05, 3.63) is 23.2 Å². The molecular formula is C13H17ClN2O4S. The first-order valence-electron chi connectivity index (χ1n) is 6.45. The van der Waals surface area contributed by atoms with Gasteiger partial charge in [0.25, 0.3) is 0 Å². The highest BCUT2D eigenvalue weighted by molar-refractivity contribution is 7.89. The Morgan fingerprint density at radius 3 is 2.33 bits per heavy atom. The lowest BCUT2D eigenvalue weighted by molar-refractivity contribution is -0.129. The molecule has 1 aromatic carbocycles. The Hall–Kier alpha value is -1.31. The first kappa shape index (κ1) is 16.1. The summed E-state index contributed by atoms with van der Waals surface area (Å²) in [5.74, 6) is 0.386. The summed E-state index contributed by atoms with van der Waals surface area (Å²) in [4.78, 5) is 13.0. The molecule has 1 saturated heterocycles. The number of ether oxygens (including phenoxy) is 1. The van der Waals surface area contributed by atoms with Gasteiger partial charge in [0.05, 0.1) is 17.0 Å². The number of hydrogen-bond donors (Lipinski definition) is 0. The number of carbonyl (C=O) groups is 1. The maximum atomic E-state index is 12.5. The number of carbonyl (C=O) groups excluding carboxylic acids is 1. The minimum atomic E-state index is -3.60. The summed E-state index contributed by atoms with van der Waals surface area (Å²) in [6, 6.07) is 4.38. The zero-order valence-electron chi connectivity index (χ0n) is 11.9. The molecule has 0 radical (unpaired) electrons. The maximum absolute atomic E-state index is 12.5. The average Bonchev–Trinajstić information content (AvgIpc) is 2.47. The number of rotatable bonds is 3. The molecular weight excluding hydrogens is 316 g/mol. The maximum Gasteiger partial charge on any atom is 0.243 e. The fourth-order valence-corrected chi connectivity index (χ4v) is 3.97. The van der Waals surface area contributed by atoms with Crippen LogP contribution >= 0.6 is 11.6 Å². The van der Waals surface area contributed by atoms with E-state index in [1.807, 2.05) is 0 Å². The van der Waals surface area contributed by atoms with Gasteiger partial charge in [-0.2, -0.15) is 4.31 Å². The molecule has 1 aliphatic heterocycles. The van der Waals surface area contributed by atoms with Gasteiger partial charge in [-0.25, -0.2) is 8.42 Å². The van der Waals surface area contributed by atoms with E-state index in [9.17, 15) is 13.2 Å². The average molecular weight is 333 g/mol. The van der Waals surface area contributed by atoms with Crippen molar-refractivity contribution in [1.29, 1.82) is 0 Å². The van der Waals surface area contributed by atoms with Gasteiger partial charge < -0.3 is 9.64 Å². The van der Waals surface area contributed by atoms with Gasteiger partial charge in [-0.1, -0.05) is 11.6 Å². The van der Waals surface area contributed by atoms with Crippen LogP contribution in [0, 0.1) is 0 Å². The molecule has 6 nitrogen and oxygen atoms in total. The number of hydrogen-bond acceptors (Lipinski definition) is 4. The zero-order valence-corrected chi connectivity index (χ0v) is 13.4. The molecule has 0 atom stereocenters. The molecule has 0 unspecified atom stereocenters. The summed E-state index contributed by atoms with van der Waals surface area (Å²) in [6.45, 7) is 2.85. The van der Waals surface area contributed by atoms with Gasteiger partial charge in [-0.15, -0.1) is 0 Å². The van der Waals surface area contributed by atoms with E-state index >= 15 is 0 Å². The van der Waals surface area contributed by atoms with Crippen molar-refractivity contribution < 1.29 is 17.9 Å². The van der Waals surface area contributed by atoms with E-state index in [1.54, 1.807) is 4.90 Å². The third kappa shape index (κ3) is 3.30. The predicted molar refractivity (Wildman–Crippen MR) is 79.0 cm³/mol. The Balaban J connectivity index is 2.19. The lowest BCUT2D eigenvalue weighted by atomic mass is 10.3. The highest BCUT2D eigenvalue weighted by atomic mass is 35.5. The summed E-state index contributed by atoms with van der Waals surface area (Å²) in [6.07, 6.45) is 0. The van der Waals surface area contributed by atoms with Gasteiger partial charge in [-0.05, 0) is 18.2 Å². The minimum Gasteiger partial charge on any atom is -0.495 e. The van der Waals surface area contributed by atoms with Crippen LogP contribution in [-0.4, -0.2) is 56.8 Å². The number of amides is 1. The monoisotopic (exact) mass is 332 g/mol. The molecule has 0 N–H and O–H groups in total. The fraction of sp³-hybridized carbons (Fsp3) is 0.462. The molecule has 1 fully saturated rings. The van der Waals surface area contributed by atoms with Crippen LogP contribution in [0.3, 0.4) is 0 Å². The Kier molecular flexibility index (Phi) is 4.75. The van der Waals surface area contributed by atoms with Crippen LogP contribution < -0.4 is 4.74 Å². The number of nitrogens with zero attached hydrogens (tertiary/aromatic N) is 2. The lowest BCUT2D eigenvalue weighted by Crippen LogP contribution is -2.49. The number of halogens is 1. The van der Waals surface area contributed by atoms with E-state index in [4.69, 9.17) is 16.3 Å². The summed E-state index contributed by atoms with van der Waals surface area (Å²) in [7, 11) is -2.13. The van der Waals surface area contributed by atoms with Crippen LogP contribution in [0.1, 0.15) is 6.92 Å². The second kappa shape index (κ2) is 6.21. The second-order valence-electron chi connectivity index (χ2n) is 4.71. The van der Waals surface area contributed by atoms with Crippen molar-refractivity contribution in [2.24, 2.45) is 0 Å². The highest BCUT2D eigenvalue weighted by Crippen LogP contribution is 2.28. The number of methoxy groups -OCH3 is 1. The standard InChI is InChI=1S/C13H17ClN2O4S/c1-10(17)15-5-7-16(8-6-15)21(18,19)11-3-4-13(20-2)12(14)9-11/h3-4,9H,5-8H2,1-2H3. The number of benzene rings is 1. The molecule has 0 spiro atoms. The Bertz CT molecular complexity index is 640. The minimum absolute atomic E-state index is 0.0421. The van der Waals surface area contributed by atoms with Gasteiger partial charge in [-0.3, -0.25) is 4.79 Å². The molecule has 116 valence electrons. The van der Waals surface area contributed by atoms with Crippen molar-refractivity contribution in [1.82, 2.24) is 9.21 Å². The smallest absolute Gasteiger partial charge is 0.243 e. The molecule has 21 heavy (non-hydrogen) atoms. The predicted octanol–water partition coefficient (Wildman–Crippen LogP) is 1.20. The van der Waals surface area contributed by atoms with Gasteiger partial charge >= 0.3 is 0 Å². The van der Waals surface area contributed by atoms with Crippen LogP contribution in [0.5, 0.6) is 5.75 Å². The van der Waals surface area contributed by atoms with E-state index in [-0.39, 0.29) is 28.9 Å². The van der Waals surface area contributed by atoms with Gasteiger partial charge in [0.2, 0.25) is 15.9 Å². The Labute approximate surface area is 129 Å². The van der Waals surface area contributed by atoms with Crippen LogP contribution in [0.4, 0.5) is 0 Å². The fourth-order valence-electron chi connectivity index (χ4n) is 2.20. The summed E-state index contributed by atoms with van der Waals surface area (Å²) >= 11 is 5.98. The zero-order chi connectivity index (χ0) is 15.6. The van der Waals surface area contributed by atoms with Crippen LogP contribution in [0.25, 0.3) is 0 Å². The highest BCUT2D eigenvalue weighted by Gasteiger charge is 2.29. The lowest BCUT2D eigenvalue weighted by Gasteiger charge is -2.33. The molecule has 0 bridgehead atoms. The third-order valence-corrected chi connectivity index (χ3v) is 5.64. The number of sulfonamides is 1. The topological polar surface area (TPSA) is 66.9 Å². The normalized spacial score (nSPS) is 16.8. The molecule has 0 aliphatic carbocycles. The Morgan fingerprint density at radius 2 is 1.86 bits per heavy atom. The van der Waals surface area contributed by atoms with Crippen LogP contribution in [0.2, 0.25) is 5.02 Å². The van der Waals surface area contributed by atoms with E-state index in [0.717, 1.165) is 0 Å². The molecule has 1 heterocycles. The van der Waals surface area contributed by atoms with Crippen LogP contribution in [0.15, 0.2) is 23.1 Å². The molecule has 0 saturated carbocycles. The largest absolute Gasteiger partial charge is 0.495 e. The number of piperazine rings is 1. The van der Waals surface area contributed by atoms with Crippen LogP contribution in [-0.2, 0) is 14.8 Å². The SMILES string of the molecule is COc1ccc(S(=O)(=O)N2CCN(C(C)=O)CC2)cc1Cl. The van der Waals surface area contributed by atoms with Crippen molar-refractivity contribution in [2.45, 2.75) is 11.8 Å². The van der Waals surface area contributed by atoms with Gasteiger partial charge in [0.1, 0.15) is 5.75 Å². The molecule has 1 aliphatic rings. The van der Waals surface area contributed by atoms with E-state index < -0.39 is 10.0 Å². The van der Waals surface area contributed by atoms with Crippen molar-refractivity contribution >= 4 is 27.5 Å². The van der Waals surface area contributed by atoms with Crippen molar-refractivity contribution in [2.75, 3.05) is 33.3 Å². The van der Waals surface area contributed by atoms with E-state index in [1.165, 1.54) is 36.5 Å². The second-order valence-corrected chi connectivity index (χ2v) is 7.05. The summed E-state index contributed by atoms with van der Waals surface area (Å²) < 4.78 is 31.5. The summed E-state index contributed by atoms with van der Waals surface area (Å²) in [5, 5.41) is 0.251. The summed E-state index contributed by atoms with van der Waals surface area (Å²) in [5.41, 5.74) is 0. The third-order valence-electron chi connectivity index (χ3n) is 3.45.